The minimum absolute atomic E-state index is 0.0347. The number of nitrogens with zero attached hydrogens (tertiary/aromatic N) is 2. The highest BCUT2D eigenvalue weighted by Gasteiger charge is 2.41. The van der Waals surface area contributed by atoms with Crippen molar-refractivity contribution in [1.29, 1.82) is 0 Å². The van der Waals surface area contributed by atoms with Gasteiger partial charge in [-0.3, -0.25) is 0 Å². The largest absolute Gasteiger partial charge is 0.367 e. The number of anilines is 3. The Morgan fingerprint density at radius 2 is 1.96 bits per heavy atom. The summed E-state index contributed by atoms with van der Waals surface area (Å²) in [6.07, 6.45) is 2.62. The van der Waals surface area contributed by atoms with Crippen molar-refractivity contribution in [2.75, 3.05) is 17.2 Å². The van der Waals surface area contributed by atoms with Crippen LogP contribution in [0.1, 0.15) is 18.1 Å². The molecule has 1 aromatic heterocycles. The van der Waals surface area contributed by atoms with Gasteiger partial charge in [0.2, 0.25) is 0 Å². The molecule has 2 fully saturated rings. The first-order chi connectivity index (χ1) is 11.2. The van der Waals surface area contributed by atoms with E-state index in [0.717, 1.165) is 18.5 Å². The number of benzene rings is 1. The van der Waals surface area contributed by atoms with Crippen molar-refractivity contribution in [1.82, 2.24) is 10.3 Å². The molecule has 1 aromatic carbocycles. The van der Waals surface area contributed by atoms with Gasteiger partial charge in [0.25, 0.3) is 0 Å². The van der Waals surface area contributed by atoms with Crippen LogP contribution in [0.15, 0.2) is 42.6 Å². The summed E-state index contributed by atoms with van der Waals surface area (Å²) in [7, 11) is 0. The van der Waals surface area contributed by atoms with Crippen LogP contribution in [0.25, 0.3) is 0 Å². The van der Waals surface area contributed by atoms with Crippen LogP contribution < -0.4 is 16.0 Å². The highest BCUT2D eigenvalue weighted by atomic mass is 19.2. The SMILES string of the molecule is FNc1ccc(N(F)c2ccc(C3OC4CNC3C4)cc2)cn1. The van der Waals surface area contributed by atoms with E-state index in [4.69, 9.17) is 4.74 Å². The predicted molar refractivity (Wildman–Crippen MR) is 82.7 cm³/mol. The number of ether oxygens (including phenoxy) is 1. The monoisotopic (exact) mass is 318 g/mol. The van der Waals surface area contributed by atoms with Crippen LogP contribution in [0.4, 0.5) is 26.2 Å². The molecule has 2 aliphatic heterocycles. The molecule has 2 N–H and O–H groups in total. The Hall–Kier alpha value is -2.25. The number of aromatic nitrogens is 1. The van der Waals surface area contributed by atoms with Crippen LogP contribution in [-0.2, 0) is 4.74 Å². The van der Waals surface area contributed by atoms with Gasteiger partial charge in [-0.15, -0.1) is 4.48 Å². The van der Waals surface area contributed by atoms with Gasteiger partial charge in [0.1, 0.15) is 0 Å². The lowest BCUT2D eigenvalue weighted by Gasteiger charge is -2.24. The van der Waals surface area contributed by atoms with Crippen LogP contribution in [0.3, 0.4) is 0 Å². The van der Waals surface area contributed by atoms with Gasteiger partial charge in [-0.25, -0.2) is 10.5 Å². The quantitative estimate of drug-likeness (QED) is 0.848. The molecule has 0 aliphatic carbocycles. The van der Waals surface area contributed by atoms with Gasteiger partial charge in [0.15, 0.2) is 5.82 Å². The van der Waals surface area contributed by atoms with Crippen molar-refractivity contribution in [2.45, 2.75) is 24.7 Å². The number of fused-ring (bicyclic) bond motifs is 2. The van der Waals surface area contributed by atoms with Crippen LogP contribution in [-0.4, -0.2) is 23.7 Å². The number of rotatable bonds is 4. The molecule has 2 bridgehead atoms. The highest BCUT2D eigenvalue weighted by Crippen LogP contribution is 2.37. The average Bonchev–Trinajstić information content (AvgIpc) is 3.25. The van der Waals surface area contributed by atoms with Gasteiger partial charge in [0, 0.05) is 12.6 Å². The third kappa shape index (κ3) is 2.62. The Morgan fingerprint density at radius 3 is 2.52 bits per heavy atom. The summed E-state index contributed by atoms with van der Waals surface area (Å²) in [5.74, 6) is 0.0402. The standard InChI is InChI=1S/C16H16F2N4O/c17-21-15-6-5-12(8-20-15)22(18)11-3-1-10(2-4-11)16-14-7-13(23-16)9-19-14/h1-6,8,13-14,16,19H,7,9H2,(H,20,21). The Bertz CT molecular complexity index is 679. The van der Waals surface area contributed by atoms with Crippen molar-refractivity contribution in [3.05, 3.63) is 48.2 Å². The van der Waals surface area contributed by atoms with E-state index in [1.807, 2.05) is 12.1 Å². The fourth-order valence-corrected chi connectivity index (χ4v) is 3.18. The second-order valence-electron chi connectivity index (χ2n) is 5.80. The zero-order chi connectivity index (χ0) is 15.8. The molecule has 3 atom stereocenters. The molecule has 2 aromatic rings. The molecule has 23 heavy (non-hydrogen) atoms. The van der Waals surface area contributed by atoms with E-state index in [1.165, 1.54) is 23.9 Å². The molecule has 3 unspecified atom stereocenters. The third-order valence-corrected chi connectivity index (χ3v) is 4.35. The number of hydrogen-bond acceptors (Lipinski definition) is 5. The number of nitrogens with one attached hydrogen (secondary N) is 2. The van der Waals surface area contributed by atoms with Gasteiger partial charge in [-0.2, -0.15) is 5.12 Å². The third-order valence-electron chi connectivity index (χ3n) is 4.35. The number of halogens is 2. The molecular formula is C16H16F2N4O. The van der Waals surface area contributed by atoms with Gasteiger partial charge >= 0.3 is 0 Å². The summed E-state index contributed by atoms with van der Waals surface area (Å²) in [6, 6.07) is 10.3. The molecule has 2 saturated heterocycles. The summed E-state index contributed by atoms with van der Waals surface area (Å²) in [4.78, 5) is 3.75. The summed E-state index contributed by atoms with van der Waals surface area (Å²) < 4.78 is 32.5. The summed E-state index contributed by atoms with van der Waals surface area (Å²) in [5, 5.41) is 3.94. The topological polar surface area (TPSA) is 49.4 Å². The van der Waals surface area contributed by atoms with Crippen LogP contribution in [0.2, 0.25) is 0 Å². The Labute approximate surface area is 132 Å². The molecule has 5 nitrogen and oxygen atoms in total. The maximum atomic E-state index is 14.4. The normalized spacial score (nSPS) is 25.6. The molecule has 0 saturated carbocycles. The predicted octanol–water partition coefficient (Wildman–Crippen LogP) is 3.20. The van der Waals surface area contributed by atoms with Crippen LogP contribution in [0.5, 0.6) is 0 Å². The fourth-order valence-electron chi connectivity index (χ4n) is 3.18. The molecule has 0 radical (unpaired) electrons. The molecular weight excluding hydrogens is 302 g/mol. The van der Waals surface area contributed by atoms with E-state index in [9.17, 15) is 8.96 Å². The second kappa shape index (κ2) is 5.75. The van der Waals surface area contributed by atoms with E-state index in [0.29, 0.717) is 16.9 Å². The van der Waals surface area contributed by atoms with Crippen LogP contribution in [0, 0.1) is 0 Å². The number of morpholine rings is 1. The van der Waals surface area contributed by atoms with Gasteiger partial charge in [0.05, 0.1) is 29.8 Å². The zero-order valence-corrected chi connectivity index (χ0v) is 12.2. The van der Waals surface area contributed by atoms with E-state index in [1.54, 1.807) is 12.1 Å². The molecule has 7 heteroatoms. The molecule has 120 valence electrons. The Morgan fingerprint density at radius 1 is 1.17 bits per heavy atom. The number of hydrogen-bond donors (Lipinski definition) is 2. The Balaban J connectivity index is 1.50. The zero-order valence-electron chi connectivity index (χ0n) is 12.2. The van der Waals surface area contributed by atoms with Crippen molar-refractivity contribution in [3.8, 4) is 0 Å². The van der Waals surface area contributed by atoms with Crippen molar-refractivity contribution < 1.29 is 13.7 Å². The molecule has 0 spiro atoms. The fraction of sp³-hybridized carbons (Fsp3) is 0.312. The Kier molecular flexibility index (Phi) is 3.59. The summed E-state index contributed by atoms with van der Waals surface area (Å²) in [6.45, 7) is 0.911. The smallest absolute Gasteiger partial charge is 0.154 e. The van der Waals surface area contributed by atoms with Gasteiger partial charge in [-0.1, -0.05) is 16.6 Å². The lowest BCUT2D eigenvalue weighted by Crippen LogP contribution is -2.33. The second-order valence-corrected chi connectivity index (χ2v) is 5.80. The van der Waals surface area contributed by atoms with Gasteiger partial charge in [-0.05, 0) is 36.2 Å². The van der Waals surface area contributed by atoms with Crippen molar-refractivity contribution >= 4 is 17.2 Å². The highest BCUT2D eigenvalue weighted by molar-refractivity contribution is 5.60. The minimum Gasteiger partial charge on any atom is -0.367 e. The first-order valence-corrected chi connectivity index (χ1v) is 7.52. The summed E-state index contributed by atoms with van der Waals surface area (Å²) >= 11 is 0. The van der Waals surface area contributed by atoms with Crippen molar-refractivity contribution in [2.24, 2.45) is 0 Å². The number of pyridine rings is 1. The minimum atomic E-state index is 0.0347. The maximum absolute atomic E-state index is 14.4. The first-order valence-electron chi connectivity index (χ1n) is 7.52. The van der Waals surface area contributed by atoms with Crippen LogP contribution >= 0.6 is 0 Å². The molecule has 3 heterocycles. The molecule has 0 amide bonds. The molecule has 4 rings (SSSR count). The van der Waals surface area contributed by atoms with E-state index < -0.39 is 0 Å². The summed E-state index contributed by atoms with van der Waals surface area (Å²) in [5.41, 5.74) is 3.06. The average molecular weight is 318 g/mol. The lowest BCUT2D eigenvalue weighted by molar-refractivity contribution is 0.0160. The molecule has 2 aliphatic rings. The van der Waals surface area contributed by atoms with E-state index >= 15 is 0 Å². The van der Waals surface area contributed by atoms with E-state index in [2.05, 4.69) is 10.3 Å². The lowest BCUT2D eigenvalue weighted by atomic mass is 10.0. The van der Waals surface area contributed by atoms with Crippen molar-refractivity contribution in [3.63, 3.8) is 0 Å². The first kappa shape index (κ1) is 14.3. The van der Waals surface area contributed by atoms with Gasteiger partial charge < -0.3 is 10.1 Å². The maximum Gasteiger partial charge on any atom is 0.154 e. The van der Waals surface area contributed by atoms with E-state index in [-0.39, 0.29) is 23.7 Å².